The SMILES string of the molecule is COC(=O)/C=C/c1cccc2c1c(C)cn2C(=O)c1c(-c2c(F)cc(Cl)cc2Cl)noc1C(C)(C)F. The second-order valence-electron chi connectivity index (χ2n) is 8.54. The van der Waals surface area contributed by atoms with E-state index < -0.39 is 23.4 Å². The fraction of sp³-hybridized carbons (Fsp3) is 0.192. The van der Waals surface area contributed by atoms with E-state index in [4.69, 9.17) is 27.7 Å². The Balaban J connectivity index is 1.96. The Morgan fingerprint density at radius 3 is 2.58 bits per heavy atom. The smallest absolute Gasteiger partial charge is 0.330 e. The first-order valence-electron chi connectivity index (χ1n) is 10.7. The molecule has 10 heteroatoms. The number of nitrogens with zero attached hydrogens (tertiary/aromatic N) is 2. The summed E-state index contributed by atoms with van der Waals surface area (Å²) in [7, 11) is 1.27. The van der Waals surface area contributed by atoms with E-state index in [1.807, 2.05) is 0 Å². The van der Waals surface area contributed by atoms with E-state index in [9.17, 15) is 14.0 Å². The van der Waals surface area contributed by atoms with E-state index in [-0.39, 0.29) is 32.6 Å². The van der Waals surface area contributed by atoms with Crippen LogP contribution in [0, 0.1) is 12.7 Å². The average molecular weight is 533 g/mol. The van der Waals surface area contributed by atoms with E-state index in [0.717, 1.165) is 6.07 Å². The largest absolute Gasteiger partial charge is 0.466 e. The van der Waals surface area contributed by atoms with Crippen molar-refractivity contribution < 1.29 is 27.6 Å². The third kappa shape index (κ3) is 4.54. The monoisotopic (exact) mass is 532 g/mol. The molecule has 0 aliphatic heterocycles. The van der Waals surface area contributed by atoms with Gasteiger partial charge in [0.2, 0.25) is 0 Å². The molecule has 186 valence electrons. The van der Waals surface area contributed by atoms with Gasteiger partial charge in [-0.1, -0.05) is 40.5 Å². The quantitative estimate of drug-likeness (QED) is 0.202. The first-order valence-corrected chi connectivity index (χ1v) is 11.4. The summed E-state index contributed by atoms with van der Waals surface area (Å²) < 4.78 is 41.3. The number of aryl methyl sites for hydroxylation is 1. The summed E-state index contributed by atoms with van der Waals surface area (Å²) in [5.41, 5.74) is -1.05. The van der Waals surface area contributed by atoms with Gasteiger partial charge in [-0.05, 0) is 56.2 Å². The van der Waals surface area contributed by atoms with Crippen LogP contribution in [0.3, 0.4) is 0 Å². The maximum atomic E-state index is 15.1. The predicted octanol–water partition coefficient (Wildman–Crippen LogP) is 7.13. The first kappa shape index (κ1) is 25.6. The van der Waals surface area contributed by atoms with Crippen molar-refractivity contribution in [2.24, 2.45) is 0 Å². The van der Waals surface area contributed by atoms with Gasteiger partial charge in [0, 0.05) is 22.7 Å². The number of hydrogen-bond acceptors (Lipinski definition) is 5. The maximum Gasteiger partial charge on any atom is 0.330 e. The van der Waals surface area contributed by atoms with Gasteiger partial charge in [0.15, 0.2) is 11.4 Å². The highest BCUT2D eigenvalue weighted by molar-refractivity contribution is 6.36. The van der Waals surface area contributed by atoms with Crippen molar-refractivity contribution in [3.05, 3.63) is 80.9 Å². The van der Waals surface area contributed by atoms with Crippen LogP contribution >= 0.6 is 23.2 Å². The first-order chi connectivity index (χ1) is 16.9. The predicted molar refractivity (Wildman–Crippen MR) is 134 cm³/mol. The number of carbonyl (C=O) groups excluding carboxylic acids is 2. The van der Waals surface area contributed by atoms with Crippen molar-refractivity contribution >= 4 is 52.1 Å². The summed E-state index contributed by atoms with van der Waals surface area (Å²) >= 11 is 12.1. The van der Waals surface area contributed by atoms with Gasteiger partial charge in [-0.15, -0.1) is 0 Å². The van der Waals surface area contributed by atoms with Crippen molar-refractivity contribution in [1.29, 1.82) is 0 Å². The molecule has 0 bridgehead atoms. The molecule has 0 unspecified atom stereocenters. The average Bonchev–Trinajstić information content (AvgIpc) is 3.38. The van der Waals surface area contributed by atoms with Crippen molar-refractivity contribution in [1.82, 2.24) is 9.72 Å². The van der Waals surface area contributed by atoms with Gasteiger partial charge < -0.3 is 9.26 Å². The standard InChI is InChI=1S/C26H20Cl2F2N2O4/c1-13-12-32(18-7-5-6-14(20(13)18)8-9-19(33)35-4)25(34)22-23(31-36-24(22)26(2,3)30)21-16(28)10-15(27)11-17(21)29/h5-12H,1-4H3/b9-8+. The molecule has 0 radical (unpaired) electrons. The molecule has 0 N–H and O–H groups in total. The second kappa shape index (κ2) is 9.52. The van der Waals surface area contributed by atoms with E-state index in [1.54, 1.807) is 37.4 Å². The number of hydrogen-bond donors (Lipinski definition) is 0. The summed E-state index contributed by atoms with van der Waals surface area (Å²) in [6.07, 6.45) is 4.40. The van der Waals surface area contributed by atoms with E-state index >= 15 is 4.39 Å². The molecule has 0 amide bonds. The third-order valence-electron chi connectivity index (χ3n) is 5.56. The van der Waals surface area contributed by atoms with Gasteiger partial charge in [-0.3, -0.25) is 9.36 Å². The Hall–Kier alpha value is -3.49. The maximum absolute atomic E-state index is 15.1. The molecule has 4 aromatic rings. The number of esters is 1. The molecular formula is C26H20Cl2F2N2O4. The zero-order valence-electron chi connectivity index (χ0n) is 19.7. The van der Waals surface area contributed by atoms with Crippen molar-refractivity contribution in [2.45, 2.75) is 26.4 Å². The number of fused-ring (bicyclic) bond motifs is 1. The number of benzene rings is 2. The highest BCUT2D eigenvalue weighted by Gasteiger charge is 2.37. The highest BCUT2D eigenvalue weighted by Crippen LogP contribution is 2.40. The number of alkyl halides is 1. The summed E-state index contributed by atoms with van der Waals surface area (Å²) in [6, 6.07) is 7.47. The number of ether oxygens (including phenoxy) is 1. The molecule has 0 saturated carbocycles. The lowest BCUT2D eigenvalue weighted by Gasteiger charge is -2.13. The number of rotatable bonds is 5. The van der Waals surface area contributed by atoms with E-state index in [1.165, 1.54) is 37.7 Å². The summed E-state index contributed by atoms with van der Waals surface area (Å²) in [6.45, 7) is 4.18. The van der Waals surface area contributed by atoms with Crippen molar-refractivity contribution in [3.63, 3.8) is 0 Å². The molecule has 0 fully saturated rings. The molecule has 0 saturated heterocycles. The molecule has 0 aliphatic carbocycles. The normalized spacial score (nSPS) is 12.0. The number of carbonyl (C=O) groups is 2. The van der Waals surface area contributed by atoms with Crippen LogP contribution in [0.2, 0.25) is 10.0 Å². The number of halogens is 4. The fourth-order valence-corrected chi connectivity index (χ4v) is 4.56. The molecule has 0 atom stereocenters. The second-order valence-corrected chi connectivity index (χ2v) is 9.38. The summed E-state index contributed by atoms with van der Waals surface area (Å²) in [5.74, 6) is -2.47. The molecule has 2 aromatic carbocycles. The topological polar surface area (TPSA) is 74.3 Å². The van der Waals surface area contributed by atoms with Crippen LogP contribution in [0.4, 0.5) is 8.78 Å². The number of aromatic nitrogens is 2. The summed E-state index contributed by atoms with van der Waals surface area (Å²) in [5, 5.41) is 4.44. The Labute approximate surface area is 215 Å². The van der Waals surface area contributed by atoms with E-state index in [2.05, 4.69) is 9.89 Å². The Kier molecular flexibility index (Phi) is 6.77. The highest BCUT2D eigenvalue weighted by atomic mass is 35.5. The lowest BCUT2D eigenvalue weighted by molar-refractivity contribution is -0.134. The van der Waals surface area contributed by atoms with Gasteiger partial charge >= 0.3 is 5.97 Å². The molecule has 6 nitrogen and oxygen atoms in total. The van der Waals surface area contributed by atoms with Crippen LogP contribution in [0.5, 0.6) is 0 Å². The number of methoxy groups -OCH3 is 1. The van der Waals surface area contributed by atoms with Crippen LogP contribution in [-0.4, -0.2) is 28.7 Å². The van der Waals surface area contributed by atoms with Gasteiger partial charge in [-0.25, -0.2) is 13.6 Å². The van der Waals surface area contributed by atoms with Crippen LogP contribution < -0.4 is 0 Å². The minimum atomic E-state index is -2.13. The van der Waals surface area contributed by atoms with Gasteiger partial charge in [0.05, 0.1) is 23.2 Å². The lowest BCUT2D eigenvalue weighted by Crippen LogP contribution is -2.18. The van der Waals surface area contributed by atoms with Crippen LogP contribution in [0.25, 0.3) is 28.2 Å². The molecule has 36 heavy (non-hydrogen) atoms. The Morgan fingerprint density at radius 2 is 1.94 bits per heavy atom. The molecule has 2 aromatic heterocycles. The van der Waals surface area contributed by atoms with Gasteiger partial charge in [0.1, 0.15) is 17.1 Å². The Bertz CT molecular complexity index is 1520. The summed E-state index contributed by atoms with van der Waals surface area (Å²) in [4.78, 5) is 25.5. The van der Waals surface area contributed by atoms with Crippen molar-refractivity contribution in [3.8, 4) is 11.3 Å². The van der Waals surface area contributed by atoms with E-state index in [0.29, 0.717) is 22.0 Å². The minimum absolute atomic E-state index is 0.0447. The Morgan fingerprint density at radius 1 is 1.22 bits per heavy atom. The minimum Gasteiger partial charge on any atom is -0.466 e. The third-order valence-corrected chi connectivity index (χ3v) is 6.08. The van der Waals surface area contributed by atoms with Gasteiger partial charge in [-0.2, -0.15) is 0 Å². The molecular weight excluding hydrogens is 513 g/mol. The lowest BCUT2D eigenvalue weighted by atomic mass is 9.98. The molecule has 4 rings (SSSR count). The molecule has 0 spiro atoms. The van der Waals surface area contributed by atoms with Crippen LogP contribution in [-0.2, 0) is 15.2 Å². The molecule has 2 heterocycles. The van der Waals surface area contributed by atoms with Crippen LogP contribution in [0.1, 0.15) is 41.1 Å². The van der Waals surface area contributed by atoms with Crippen molar-refractivity contribution in [2.75, 3.05) is 7.11 Å². The van der Waals surface area contributed by atoms with Gasteiger partial charge in [0.25, 0.3) is 5.91 Å². The zero-order chi connectivity index (χ0) is 26.4. The zero-order valence-corrected chi connectivity index (χ0v) is 21.2. The fourth-order valence-electron chi connectivity index (χ4n) is 4.00. The molecule has 0 aliphatic rings. The van der Waals surface area contributed by atoms with Crippen LogP contribution in [0.15, 0.2) is 47.1 Å².